The van der Waals surface area contributed by atoms with Gasteiger partial charge in [-0.05, 0) is 50.3 Å². The van der Waals surface area contributed by atoms with E-state index in [4.69, 9.17) is 26.4 Å². The van der Waals surface area contributed by atoms with Crippen molar-refractivity contribution in [2.24, 2.45) is 0 Å². The number of carbonyl (C=O) groups excluding carboxylic acids is 1. The molecule has 0 bridgehead atoms. The van der Waals surface area contributed by atoms with E-state index in [-0.39, 0.29) is 5.11 Å². The fraction of sp³-hybridized carbons (Fsp3) is 0.227. The lowest BCUT2D eigenvalue weighted by Gasteiger charge is -2.15. The predicted octanol–water partition coefficient (Wildman–Crippen LogP) is 3.64. The third kappa shape index (κ3) is 4.61. The van der Waals surface area contributed by atoms with Gasteiger partial charge < -0.3 is 19.5 Å². The Bertz CT molecular complexity index is 1090. The van der Waals surface area contributed by atoms with Gasteiger partial charge in [-0.3, -0.25) is 10.1 Å². The molecular formula is C22H24N4O4S. The number of amides is 1. The second-order valence-corrected chi connectivity index (χ2v) is 7.02. The fourth-order valence-electron chi connectivity index (χ4n) is 3.18. The monoisotopic (exact) mass is 440 g/mol. The van der Waals surface area contributed by atoms with Crippen molar-refractivity contribution in [3.63, 3.8) is 0 Å². The highest BCUT2D eigenvalue weighted by molar-refractivity contribution is 7.80. The number of para-hydroxylation sites is 1. The van der Waals surface area contributed by atoms with E-state index < -0.39 is 5.91 Å². The first-order valence-corrected chi connectivity index (χ1v) is 9.84. The largest absolute Gasteiger partial charge is 0.493 e. The highest BCUT2D eigenvalue weighted by Crippen LogP contribution is 2.38. The number of benzene rings is 2. The Kier molecular flexibility index (Phi) is 6.76. The Morgan fingerprint density at radius 2 is 1.61 bits per heavy atom. The van der Waals surface area contributed by atoms with Crippen molar-refractivity contribution < 1.29 is 19.0 Å². The minimum absolute atomic E-state index is 0.151. The van der Waals surface area contributed by atoms with Gasteiger partial charge in [-0.1, -0.05) is 18.2 Å². The Hall–Kier alpha value is -3.59. The Labute approximate surface area is 186 Å². The summed E-state index contributed by atoms with van der Waals surface area (Å²) in [5.41, 5.74) is 3.61. The average Bonchev–Trinajstić information content (AvgIpc) is 3.06. The van der Waals surface area contributed by atoms with E-state index in [1.807, 2.05) is 48.9 Å². The number of carbonyl (C=O) groups is 1. The number of hydrogen-bond acceptors (Lipinski definition) is 6. The molecule has 2 aromatic carbocycles. The van der Waals surface area contributed by atoms with E-state index in [2.05, 4.69) is 15.7 Å². The molecule has 3 rings (SSSR count). The summed E-state index contributed by atoms with van der Waals surface area (Å²) in [6.07, 6.45) is 0. The molecule has 3 aromatic rings. The van der Waals surface area contributed by atoms with Crippen LogP contribution in [0, 0.1) is 13.8 Å². The molecule has 8 nitrogen and oxygen atoms in total. The maximum absolute atomic E-state index is 12.8. The van der Waals surface area contributed by atoms with Gasteiger partial charge in [-0.2, -0.15) is 5.10 Å². The van der Waals surface area contributed by atoms with Crippen LogP contribution in [0.3, 0.4) is 0 Å². The number of hydrogen-bond donors (Lipinski definition) is 2. The number of thiocarbonyl (C=S) groups is 1. The second kappa shape index (κ2) is 9.48. The minimum Gasteiger partial charge on any atom is -0.493 e. The molecule has 2 N–H and O–H groups in total. The highest BCUT2D eigenvalue weighted by atomic mass is 32.1. The summed E-state index contributed by atoms with van der Waals surface area (Å²) >= 11 is 5.36. The van der Waals surface area contributed by atoms with Gasteiger partial charge >= 0.3 is 0 Å². The number of aryl methyl sites for hydroxylation is 1. The van der Waals surface area contributed by atoms with Crippen LogP contribution in [0.5, 0.6) is 17.2 Å². The number of nitrogens with one attached hydrogen (secondary N) is 2. The molecule has 1 amide bonds. The lowest BCUT2D eigenvalue weighted by molar-refractivity contribution is 0.0977. The summed E-state index contributed by atoms with van der Waals surface area (Å²) in [7, 11) is 4.47. The van der Waals surface area contributed by atoms with Gasteiger partial charge in [0.2, 0.25) is 5.75 Å². The van der Waals surface area contributed by atoms with Gasteiger partial charge in [0, 0.05) is 5.56 Å². The predicted molar refractivity (Wildman–Crippen MR) is 123 cm³/mol. The summed E-state index contributed by atoms with van der Waals surface area (Å²) < 4.78 is 17.7. The number of rotatable bonds is 6. The standard InChI is InChI=1S/C22H24N4O4S/c1-13-19(14(2)26(25-13)16-9-7-6-8-10-16)23-22(31)24-21(27)15-11-17(28-3)20(30-5)18(12-15)29-4/h6-12H,1-5H3,(H2,23,24,27,31). The van der Waals surface area contributed by atoms with Crippen LogP contribution < -0.4 is 24.8 Å². The summed E-state index contributed by atoms with van der Waals surface area (Å²) in [5, 5.41) is 10.5. The molecule has 0 atom stereocenters. The zero-order valence-corrected chi connectivity index (χ0v) is 18.8. The number of methoxy groups -OCH3 is 3. The smallest absolute Gasteiger partial charge is 0.257 e. The van der Waals surface area contributed by atoms with Crippen LogP contribution in [-0.4, -0.2) is 42.1 Å². The van der Waals surface area contributed by atoms with Gasteiger partial charge in [0.25, 0.3) is 5.91 Å². The van der Waals surface area contributed by atoms with Gasteiger partial charge in [0.1, 0.15) is 0 Å². The molecule has 0 unspecified atom stereocenters. The maximum atomic E-state index is 12.8. The lowest BCUT2D eigenvalue weighted by atomic mass is 10.1. The molecule has 0 aliphatic carbocycles. The number of nitrogens with zero attached hydrogens (tertiary/aromatic N) is 2. The highest BCUT2D eigenvalue weighted by Gasteiger charge is 2.19. The molecule has 1 aromatic heterocycles. The third-order valence-corrected chi connectivity index (χ3v) is 4.89. The Morgan fingerprint density at radius 3 is 2.16 bits per heavy atom. The average molecular weight is 441 g/mol. The molecule has 1 heterocycles. The van der Waals surface area contributed by atoms with Crippen molar-refractivity contribution in [2.45, 2.75) is 13.8 Å². The molecular weight excluding hydrogens is 416 g/mol. The van der Waals surface area contributed by atoms with Crippen LogP contribution >= 0.6 is 12.2 Å². The van der Waals surface area contributed by atoms with E-state index in [1.165, 1.54) is 21.3 Å². The molecule has 162 valence electrons. The number of ether oxygens (including phenoxy) is 3. The molecule has 31 heavy (non-hydrogen) atoms. The zero-order chi connectivity index (χ0) is 22.5. The molecule has 0 saturated carbocycles. The van der Waals surface area contributed by atoms with Gasteiger partial charge in [-0.25, -0.2) is 4.68 Å². The normalized spacial score (nSPS) is 10.4. The van der Waals surface area contributed by atoms with Crippen LogP contribution in [0.1, 0.15) is 21.7 Å². The lowest BCUT2D eigenvalue weighted by Crippen LogP contribution is -2.34. The second-order valence-electron chi connectivity index (χ2n) is 6.62. The number of anilines is 1. The van der Waals surface area contributed by atoms with Crippen LogP contribution in [0.2, 0.25) is 0 Å². The van der Waals surface area contributed by atoms with Gasteiger partial charge in [0.05, 0.1) is 44.1 Å². The van der Waals surface area contributed by atoms with E-state index in [0.29, 0.717) is 22.8 Å². The molecule has 0 saturated heterocycles. The SMILES string of the molecule is COc1cc(C(=O)NC(=S)Nc2c(C)nn(-c3ccccc3)c2C)cc(OC)c1OC. The molecule has 0 aliphatic rings. The quantitative estimate of drug-likeness (QED) is 0.566. The Morgan fingerprint density at radius 1 is 1.00 bits per heavy atom. The topological polar surface area (TPSA) is 86.6 Å². The van der Waals surface area contributed by atoms with E-state index in [9.17, 15) is 4.79 Å². The molecule has 0 spiro atoms. The summed E-state index contributed by atoms with van der Waals surface area (Å²) in [5.74, 6) is 0.743. The van der Waals surface area contributed by atoms with Crippen molar-refractivity contribution in [3.8, 4) is 22.9 Å². The van der Waals surface area contributed by atoms with Crippen LogP contribution in [0.4, 0.5) is 5.69 Å². The zero-order valence-electron chi connectivity index (χ0n) is 18.0. The summed E-state index contributed by atoms with van der Waals surface area (Å²) in [6, 6.07) is 12.9. The first-order chi connectivity index (χ1) is 14.9. The first kappa shape index (κ1) is 22.1. The van der Waals surface area contributed by atoms with Crippen molar-refractivity contribution >= 4 is 28.9 Å². The van der Waals surface area contributed by atoms with Crippen molar-refractivity contribution in [2.75, 3.05) is 26.6 Å². The molecule has 9 heteroatoms. The van der Waals surface area contributed by atoms with E-state index >= 15 is 0 Å². The minimum atomic E-state index is -0.414. The number of aromatic nitrogens is 2. The van der Waals surface area contributed by atoms with Crippen molar-refractivity contribution in [1.29, 1.82) is 0 Å². The van der Waals surface area contributed by atoms with Crippen LogP contribution in [-0.2, 0) is 0 Å². The third-order valence-electron chi connectivity index (χ3n) is 4.68. The van der Waals surface area contributed by atoms with E-state index in [0.717, 1.165) is 22.8 Å². The summed E-state index contributed by atoms with van der Waals surface area (Å²) in [6.45, 7) is 3.80. The van der Waals surface area contributed by atoms with Crippen molar-refractivity contribution in [3.05, 3.63) is 59.4 Å². The molecule has 0 radical (unpaired) electrons. The van der Waals surface area contributed by atoms with Gasteiger partial charge in [-0.15, -0.1) is 0 Å². The van der Waals surface area contributed by atoms with E-state index in [1.54, 1.807) is 12.1 Å². The summed E-state index contributed by atoms with van der Waals surface area (Å²) in [4.78, 5) is 12.8. The van der Waals surface area contributed by atoms with Gasteiger partial charge in [0.15, 0.2) is 16.6 Å². The molecule has 0 aliphatic heterocycles. The first-order valence-electron chi connectivity index (χ1n) is 9.43. The fourth-order valence-corrected chi connectivity index (χ4v) is 3.37. The van der Waals surface area contributed by atoms with Crippen LogP contribution in [0.15, 0.2) is 42.5 Å². The maximum Gasteiger partial charge on any atom is 0.257 e. The van der Waals surface area contributed by atoms with Crippen LogP contribution in [0.25, 0.3) is 5.69 Å². The Balaban J connectivity index is 1.79. The van der Waals surface area contributed by atoms with Crippen molar-refractivity contribution in [1.82, 2.24) is 15.1 Å². The molecule has 0 fully saturated rings.